The second-order valence-corrected chi connectivity index (χ2v) is 11.0. The topological polar surface area (TPSA) is 62.5 Å². The van der Waals surface area contributed by atoms with Gasteiger partial charge in [-0.05, 0) is 52.6 Å². The van der Waals surface area contributed by atoms with Crippen molar-refractivity contribution in [3.8, 4) is 11.3 Å². The van der Waals surface area contributed by atoms with Gasteiger partial charge in [0.1, 0.15) is 5.82 Å². The summed E-state index contributed by atoms with van der Waals surface area (Å²) in [6, 6.07) is 9.70. The summed E-state index contributed by atoms with van der Waals surface area (Å²) >= 11 is 11.8. The lowest BCUT2D eigenvalue weighted by Crippen LogP contribution is -2.42. The number of carbonyl (C=O) groups is 1. The van der Waals surface area contributed by atoms with E-state index in [0.29, 0.717) is 22.6 Å². The summed E-state index contributed by atoms with van der Waals surface area (Å²) in [6.07, 6.45) is 7.68. The van der Waals surface area contributed by atoms with Crippen molar-refractivity contribution in [1.82, 2.24) is 19.5 Å². The Morgan fingerprint density at radius 1 is 1.33 bits per heavy atom. The van der Waals surface area contributed by atoms with Gasteiger partial charge in [-0.2, -0.15) is 9.61 Å². The molecule has 0 aliphatic carbocycles. The first kappa shape index (κ1) is 22.7. The molecular weight excluding hydrogens is 522 g/mol. The van der Waals surface area contributed by atoms with Gasteiger partial charge in [0.2, 0.25) is 5.91 Å². The Kier molecular flexibility index (Phi) is 6.94. The van der Waals surface area contributed by atoms with Gasteiger partial charge in [0, 0.05) is 48.0 Å². The Morgan fingerprint density at radius 2 is 2.21 bits per heavy atom. The molecule has 4 heterocycles. The highest BCUT2D eigenvalue weighted by atomic mass is 79.9. The molecule has 1 saturated heterocycles. The maximum atomic E-state index is 12.8. The lowest BCUT2D eigenvalue weighted by Gasteiger charge is -2.33. The number of benzene rings is 1. The van der Waals surface area contributed by atoms with E-state index in [2.05, 4.69) is 42.7 Å². The zero-order valence-corrected chi connectivity index (χ0v) is 21.2. The van der Waals surface area contributed by atoms with Crippen LogP contribution in [0.25, 0.3) is 16.9 Å². The number of hydrogen-bond acceptors (Lipinski definition) is 5. The Balaban J connectivity index is 1.31. The van der Waals surface area contributed by atoms with E-state index in [4.69, 9.17) is 16.6 Å². The first-order chi connectivity index (χ1) is 16.1. The van der Waals surface area contributed by atoms with Gasteiger partial charge >= 0.3 is 0 Å². The van der Waals surface area contributed by atoms with E-state index >= 15 is 0 Å². The summed E-state index contributed by atoms with van der Waals surface area (Å²) in [5, 5.41) is 11.2. The van der Waals surface area contributed by atoms with Crippen LogP contribution in [0.1, 0.15) is 25.7 Å². The average molecular weight is 547 g/mol. The molecule has 0 bridgehead atoms. The summed E-state index contributed by atoms with van der Waals surface area (Å²) in [4.78, 5) is 19.6. The van der Waals surface area contributed by atoms with Crippen molar-refractivity contribution in [2.75, 3.05) is 25.0 Å². The lowest BCUT2D eigenvalue weighted by molar-refractivity contribution is -0.132. The Bertz CT molecular complexity index is 1190. The molecule has 2 aromatic heterocycles. The number of amides is 1. The molecule has 1 N–H and O–H groups in total. The maximum absolute atomic E-state index is 12.8. The van der Waals surface area contributed by atoms with Crippen LogP contribution in [0.2, 0.25) is 5.02 Å². The molecule has 1 aromatic carbocycles. The summed E-state index contributed by atoms with van der Waals surface area (Å²) in [7, 11) is 0. The van der Waals surface area contributed by atoms with E-state index < -0.39 is 0 Å². The van der Waals surface area contributed by atoms with E-state index in [9.17, 15) is 4.79 Å². The van der Waals surface area contributed by atoms with Crippen molar-refractivity contribution < 1.29 is 4.79 Å². The number of halogens is 2. The first-order valence-corrected chi connectivity index (χ1v) is 13.3. The number of rotatable bonds is 6. The number of nitrogens with zero attached hydrogens (tertiary/aromatic N) is 4. The van der Waals surface area contributed by atoms with Crippen LogP contribution in [0.3, 0.4) is 0 Å². The molecule has 172 valence electrons. The summed E-state index contributed by atoms with van der Waals surface area (Å²) in [6.45, 7) is 2.43. The van der Waals surface area contributed by atoms with Crippen molar-refractivity contribution in [2.45, 2.75) is 30.9 Å². The molecule has 2 atom stereocenters. The van der Waals surface area contributed by atoms with Gasteiger partial charge in [-0.25, -0.2) is 4.98 Å². The zero-order valence-electron chi connectivity index (χ0n) is 18.1. The quantitative estimate of drug-likeness (QED) is 0.419. The van der Waals surface area contributed by atoms with Crippen LogP contribution in [-0.4, -0.2) is 50.3 Å². The predicted octanol–water partition coefficient (Wildman–Crippen LogP) is 5.87. The molecule has 1 amide bonds. The van der Waals surface area contributed by atoms with Crippen molar-refractivity contribution in [2.24, 2.45) is 5.92 Å². The third kappa shape index (κ3) is 5.08. The number of fused-ring (bicyclic) bond motifs is 1. The van der Waals surface area contributed by atoms with Crippen LogP contribution in [0.4, 0.5) is 5.82 Å². The molecule has 6 nitrogen and oxygen atoms in total. The van der Waals surface area contributed by atoms with Gasteiger partial charge in [-0.3, -0.25) is 4.79 Å². The van der Waals surface area contributed by atoms with Crippen LogP contribution >= 0.6 is 39.3 Å². The Morgan fingerprint density at radius 3 is 3.03 bits per heavy atom. The normalized spacial score (nSPS) is 20.5. The number of allylic oxidation sites excluding steroid dienone is 1. The molecular formula is C24H25BrClN5OS. The molecule has 9 heteroatoms. The van der Waals surface area contributed by atoms with Gasteiger partial charge in [0.25, 0.3) is 0 Å². The van der Waals surface area contributed by atoms with Crippen molar-refractivity contribution >= 4 is 56.7 Å². The number of thioether (sulfide) groups is 1. The van der Waals surface area contributed by atoms with Crippen LogP contribution in [0, 0.1) is 5.92 Å². The van der Waals surface area contributed by atoms with E-state index in [1.165, 1.54) is 0 Å². The van der Waals surface area contributed by atoms with Crippen LogP contribution < -0.4 is 5.32 Å². The molecule has 1 fully saturated rings. The van der Waals surface area contributed by atoms with Crippen molar-refractivity contribution in [3.05, 3.63) is 57.5 Å². The van der Waals surface area contributed by atoms with Crippen LogP contribution in [0.15, 0.2) is 52.5 Å². The predicted molar refractivity (Wildman–Crippen MR) is 139 cm³/mol. The zero-order chi connectivity index (χ0) is 22.8. The van der Waals surface area contributed by atoms with Crippen LogP contribution in [0.5, 0.6) is 0 Å². The largest absolute Gasteiger partial charge is 0.370 e. The molecule has 33 heavy (non-hydrogen) atoms. The lowest BCUT2D eigenvalue weighted by atomic mass is 9.97. The number of hydrogen-bond donors (Lipinski definition) is 1. The number of piperidine rings is 1. The standard InChI is InChI=1S/C24H25BrClN5OS/c25-19-14-28-31-22(12-21(29-24(19)31)18-7-1-2-8-20(18)26)27-13-16-5-3-9-30(15-16)23(32)11-17-6-4-10-33-17/h1-2,4,7-8,10,12,14,16-17,27H,3,5-6,9,11,13,15H2. The fraction of sp³-hybridized carbons (Fsp3) is 0.375. The van der Waals surface area contributed by atoms with Gasteiger partial charge < -0.3 is 10.2 Å². The molecule has 5 rings (SSSR count). The number of carbonyl (C=O) groups excluding carboxylic acids is 1. The number of aromatic nitrogens is 3. The Labute approximate surface area is 210 Å². The van der Waals surface area contributed by atoms with Gasteiger partial charge in [-0.15, -0.1) is 11.8 Å². The number of anilines is 1. The van der Waals surface area contributed by atoms with Crippen LogP contribution in [-0.2, 0) is 4.79 Å². The molecule has 0 saturated carbocycles. The average Bonchev–Trinajstić information content (AvgIpc) is 3.48. The summed E-state index contributed by atoms with van der Waals surface area (Å²) < 4.78 is 2.63. The van der Waals surface area contributed by atoms with E-state index in [1.54, 1.807) is 22.5 Å². The highest BCUT2D eigenvalue weighted by molar-refractivity contribution is 9.10. The minimum Gasteiger partial charge on any atom is -0.370 e. The Hall–Kier alpha value is -2.03. The van der Waals surface area contributed by atoms with Crippen molar-refractivity contribution in [3.63, 3.8) is 0 Å². The van der Waals surface area contributed by atoms with Crippen molar-refractivity contribution in [1.29, 1.82) is 0 Å². The molecule has 2 aliphatic heterocycles. The summed E-state index contributed by atoms with van der Waals surface area (Å²) in [5.74, 6) is 1.53. The molecule has 0 spiro atoms. The third-order valence-corrected chi connectivity index (χ3v) is 8.17. The smallest absolute Gasteiger partial charge is 0.223 e. The second-order valence-electron chi connectivity index (χ2n) is 8.53. The van der Waals surface area contributed by atoms with Gasteiger partial charge in [0.15, 0.2) is 5.65 Å². The fourth-order valence-electron chi connectivity index (χ4n) is 4.46. The maximum Gasteiger partial charge on any atom is 0.223 e. The van der Waals surface area contributed by atoms with E-state index in [0.717, 1.165) is 66.1 Å². The van der Waals surface area contributed by atoms with E-state index in [1.807, 2.05) is 30.3 Å². The number of likely N-dealkylation sites (tertiary alicyclic amines) is 1. The second kappa shape index (κ2) is 10.1. The monoisotopic (exact) mass is 545 g/mol. The van der Waals surface area contributed by atoms with E-state index in [-0.39, 0.29) is 5.91 Å². The first-order valence-electron chi connectivity index (χ1n) is 11.2. The SMILES string of the molecule is O=C(CC1CC=CS1)N1CCCC(CNc2cc(-c3ccccc3Cl)nc3c(Br)cnn23)C1. The molecule has 0 radical (unpaired) electrons. The van der Waals surface area contributed by atoms with Gasteiger partial charge in [-0.1, -0.05) is 35.9 Å². The minimum atomic E-state index is 0.282. The minimum absolute atomic E-state index is 0.282. The fourth-order valence-corrected chi connectivity index (χ4v) is 5.95. The third-order valence-electron chi connectivity index (χ3n) is 6.19. The summed E-state index contributed by atoms with van der Waals surface area (Å²) in [5.41, 5.74) is 2.41. The van der Waals surface area contributed by atoms with Gasteiger partial charge in [0.05, 0.1) is 16.4 Å². The highest BCUT2D eigenvalue weighted by Gasteiger charge is 2.26. The molecule has 2 unspecified atom stereocenters. The molecule has 3 aromatic rings. The molecule has 2 aliphatic rings. The highest BCUT2D eigenvalue weighted by Crippen LogP contribution is 2.31. The number of nitrogens with one attached hydrogen (secondary N) is 1.